The summed E-state index contributed by atoms with van der Waals surface area (Å²) in [7, 11) is 0. The predicted octanol–water partition coefficient (Wildman–Crippen LogP) is 3.75. The first-order chi connectivity index (χ1) is 8.76. The van der Waals surface area contributed by atoms with Crippen molar-refractivity contribution >= 4 is 33.1 Å². The maximum atomic E-state index is 4.55. The van der Waals surface area contributed by atoms with Gasteiger partial charge in [-0.1, -0.05) is 13.8 Å². The molecule has 0 saturated carbocycles. The van der Waals surface area contributed by atoms with Gasteiger partial charge in [0, 0.05) is 11.9 Å². The number of aryl methyl sites for hydroxylation is 1. The molecule has 0 radical (unpaired) electrons. The molecule has 4 nitrogen and oxygen atoms in total. The molecule has 0 aromatic carbocycles. The molecule has 1 N–H and O–H groups in total. The number of hydrogen-bond donors (Lipinski definition) is 1. The van der Waals surface area contributed by atoms with Crippen LogP contribution in [0, 0.1) is 0 Å². The van der Waals surface area contributed by atoms with Gasteiger partial charge in [0.2, 0.25) is 0 Å². The molecule has 2 aromatic rings. The lowest BCUT2D eigenvalue weighted by Crippen LogP contribution is -2.07. The second kappa shape index (κ2) is 6.24. The summed E-state index contributed by atoms with van der Waals surface area (Å²) in [6.07, 6.45) is 1.92. The molecule has 0 aliphatic heterocycles. The molecule has 18 heavy (non-hydrogen) atoms. The fraction of sp³-hybridized carbons (Fsp3) is 0.417. The molecule has 6 heteroatoms. The molecule has 0 fully saturated rings. The van der Waals surface area contributed by atoms with Crippen LogP contribution in [0.4, 0.5) is 5.82 Å². The van der Waals surface area contributed by atoms with Crippen LogP contribution < -0.4 is 5.32 Å². The Morgan fingerprint density at radius 3 is 2.78 bits per heavy atom. The van der Waals surface area contributed by atoms with Gasteiger partial charge in [-0.15, -0.1) is 11.3 Å². The number of nitrogens with one attached hydrogen (secondary N) is 1. The molecule has 96 valence electrons. The zero-order valence-corrected chi connectivity index (χ0v) is 12.8. The Labute approximate surface area is 119 Å². The highest BCUT2D eigenvalue weighted by Gasteiger charge is 2.13. The van der Waals surface area contributed by atoms with Gasteiger partial charge in [0.25, 0.3) is 0 Å². The number of nitrogens with zero attached hydrogens (tertiary/aromatic N) is 3. The van der Waals surface area contributed by atoms with E-state index in [1.54, 1.807) is 16.8 Å². The third kappa shape index (κ3) is 2.87. The van der Waals surface area contributed by atoms with Crippen molar-refractivity contribution in [3.8, 4) is 11.5 Å². The SMILES string of the molecule is CCCNc1nc(-c2cscn2)nc(CC)c1Br. The molecule has 0 aliphatic rings. The minimum absolute atomic E-state index is 0.690. The Morgan fingerprint density at radius 1 is 1.33 bits per heavy atom. The first kappa shape index (κ1) is 13.4. The van der Waals surface area contributed by atoms with Crippen molar-refractivity contribution in [1.29, 1.82) is 0 Å². The van der Waals surface area contributed by atoms with E-state index in [-0.39, 0.29) is 0 Å². The largest absolute Gasteiger partial charge is 0.369 e. The lowest BCUT2D eigenvalue weighted by molar-refractivity contribution is 0.942. The zero-order valence-electron chi connectivity index (χ0n) is 10.4. The monoisotopic (exact) mass is 326 g/mol. The lowest BCUT2D eigenvalue weighted by atomic mass is 10.3. The van der Waals surface area contributed by atoms with Gasteiger partial charge in [-0.2, -0.15) is 0 Å². The summed E-state index contributed by atoms with van der Waals surface area (Å²) in [6.45, 7) is 5.11. The molecule has 2 aromatic heterocycles. The summed E-state index contributed by atoms with van der Waals surface area (Å²) in [4.78, 5) is 13.3. The van der Waals surface area contributed by atoms with E-state index in [2.05, 4.69) is 50.0 Å². The van der Waals surface area contributed by atoms with Gasteiger partial charge >= 0.3 is 0 Å². The Bertz CT molecular complexity index is 513. The number of aromatic nitrogens is 3. The number of hydrogen-bond acceptors (Lipinski definition) is 5. The molecule has 2 heterocycles. The van der Waals surface area contributed by atoms with E-state index < -0.39 is 0 Å². The Kier molecular flexibility index (Phi) is 4.66. The standard InChI is InChI=1S/C12H15BrN4S/c1-3-5-14-12-10(13)8(4-2)16-11(17-12)9-6-18-7-15-9/h6-7H,3-5H2,1-2H3,(H,14,16,17). The normalized spacial score (nSPS) is 10.6. The van der Waals surface area contributed by atoms with Crippen molar-refractivity contribution in [3.05, 3.63) is 21.1 Å². The van der Waals surface area contributed by atoms with E-state index in [9.17, 15) is 0 Å². The average Bonchev–Trinajstić information content (AvgIpc) is 2.91. The van der Waals surface area contributed by atoms with E-state index in [0.717, 1.165) is 41.1 Å². The van der Waals surface area contributed by atoms with Crippen LogP contribution in [0.2, 0.25) is 0 Å². The van der Waals surface area contributed by atoms with Crippen LogP contribution in [0.15, 0.2) is 15.4 Å². The maximum absolute atomic E-state index is 4.55. The third-order valence-corrected chi connectivity index (χ3v) is 3.88. The number of rotatable bonds is 5. The summed E-state index contributed by atoms with van der Waals surface area (Å²) in [6, 6.07) is 0. The van der Waals surface area contributed by atoms with Gasteiger partial charge < -0.3 is 5.32 Å². The summed E-state index contributed by atoms with van der Waals surface area (Å²) >= 11 is 5.12. The Morgan fingerprint density at radius 2 is 2.17 bits per heavy atom. The minimum Gasteiger partial charge on any atom is -0.369 e. The fourth-order valence-electron chi connectivity index (χ4n) is 1.53. The van der Waals surface area contributed by atoms with E-state index in [4.69, 9.17) is 0 Å². The molecule has 0 spiro atoms. The molecule has 0 atom stereocenters. The number of thiazole rings is 1. The topological polar surface area (TPSA) is 50.7 Å². The van der Waals surface area contributed by atoms with Gasteiger partial charge in [0.05, 0.1) is 15.7 Å². The molecular weight excluding hydrogens is 312 g/mol. The van der Waals surface area contributed by atoms with Gasteiger partial charge in [-0.05, 0) is 28.8 Å². The Balaban J connectivity index is 2.42. The van der Waals surface area contributed by atoms with Crippen LogP contribution in [0.3, 0.4) is 0 Å². The van der Waals surface area contributed by atoms with Crippen molar-refractivity contribution < 1.29 is 0 Å². The minimum atomic E-state index is 0.690. The molecule has 0 amide bonds. The highest BCUT2D eigenvalue weighted by atomic mass is 79.9. The molecule has 0 saturated heterocycles. The first-order valence-electron chi connectivity index (χ1n) is 5.95. The van der Waals surface area contributed by atoms with Crippen LogP contribution in [0.1, 0.15) is 26.0 Å². The van der Waals surface area contributed by atoms with Crippen molar-refractivity contribution in [2.75, 3.05) is 11.9 Å². The van der Waals surface area contributed by atoms with Gasteiger partial charge in [-0.3, -0.25) is 0 Å². The molecule has 0 unspecified atom stereocenters. The van der Waals surface area contributed by atoms with E-state index >= 15 is 0 Å². The number of halogens is 1. The average molecular weight is 327 g/mol. The number of anilines is 1. The first-order valence-corrected chi connectivity index (χ1v) is 7.68. The lowest BCUT2D eigenvalue weighted by Gasteiger charge is -2.10. The van der Waals surface area contributed by atoms with Crippen LogP contribution in [-0.4, -0.2) is 21.5 Å². The quantitative estimate of drug-likeness (QED) is 0.909. The van der Waals surface area contributed by atoms with E-state index in [1.165, 1.54) is 0 Å². The summed E-state index contributed by atoms with van der Waals surface area (Å²) in [5.41, 5.74) is 3.64. The molecule has 2 rings (SSSR count). The highest BCUT2D eigenvalue weighted by Crippen LogP contribution is 2.27. The van der Waals surface area contributed by atoms with Gasteiger partial charge in [0.15, 0.2) is 5.82 Å². The van der Waals surface area contributed by atoms with Gasteiger partial charge in [0.1, 0.15) is 11.5 Å². The van der Waals surface area contributed by atoms with Crippen molar-refractivity contribution in [1.82, 2.24) is 15.0 Å². The highest BCUT2D eigenvalue weighted by molar-refractivity contribution is 9.10. The van der Waals surface area contributed by atoms with Gasteiger partial charge in [-0.25, -0.2) is 15.0 Å². The fourth-order valence-corrected chi connectivity index (χ4v) is 2.65. The second-order valence-electron chi connectivity index (χ2n) is 3.81. The van der Waals surface area contributed by atoms with Crippen molar-refractivity contribution in [3.63, 3.8) is 0 Å². The third-order valence-electron chi connectivity index (χ3n) is 2.46. The van der Waals surface area contributed by atoms with Crippen LogP contribution >= 0.6 is 27.3 Å². The van der Waals surface area contributed by atoms with E-state index in [1.807, 2.05) is 5.38 Å². The van der Waals surface area contributed by atoms with E-state index in [0.29, 0.717) is 5.82 Å². The molecule has 0 aliphatic carbocycles. The zero-order chi connectivity index (χ0) is 13.0. The Hall–Kier alpha value is -1.01. The van der Waals surface area contributed by atoms with Crippen molar-refractivity contribution in [2.24, 2.45) is 0 Å². The molecule has 0 bridgehead atoms. The van der Waals surface area contributed by atoms with Crippen molar-refractivity contribution in [2.45, 2.75) is 26.7 Å². The second-order valence-corrected chi connectivity index (χ2v) is 5.32. The van der Waals surface area contributed by atoms with Crippen LogP contribution in [0.25, 0.3) is 11.5 Å². The smallest absolute Gasteiger partial charge is 0.181 e. The summed E-state index contributed by atoms with van der Waals surface area (Å²) in [5, 5.41) is 5.28. The maximum Gasteiger partial charge on any atom is 0.181 e. The summed E-state index contributed by atoms with van der Waals surface area (Å²) in [5.74, 6) is 1.54. The van der Waals surface area contributed by atoms with Crippen LogP contribution in [-0.2, 0) is 6.42 Å². The van der Waals surface area contributed by atoms with Crippen LogP contribution in [0.5, 0.6) is 0 Å². The predicted molar refractivity (Wildman–Crippen MR) is 79.0 cm³/mol. The summed E-state index contributed by atoms with van der Waals surface area (Å²) < 4.78 is 0.956. The molecular formula is C12H15BrN4S.